The maximum absolute atomic E-state index is 9.87. The molecule has 0 aliphatic heterocycles. The number of esters is 1. The molecule has 0 rings (SSSR count). The molecule has 14 heavy (non-hydrogen) atoms. The molecule has 0 fully saturated rings. The molecule has 0 amide bonds. The van der Waals surface area contributed by atoms with Crippen molar-refractivity contribution >= 4 is 11.9 Å². The number of rotatable bonds is 5. The number of carboxylic acids is 1. The minimum absolute atomic E-state index is 0.327. The molecule has 0 saturated heterocycles. The SMILES string of the molecule is C=COC(C)=O.CCCCCC(=O)O. The normalized spacial score (nSPS) is 8.14. The van der Waals surface area contributed by atoms with E-state index in [2.05, 4.69) is 18.2 Å². The maximum Gasteiger partial charge on any atom is 0.307 e. The summed E-state index contributed by atoms with van der Waals surface area (Å²) in [7, 11) is 0. The quantitative estimate of drug-likeness (QED) is 0.422. The summed E-state index contributed by atoms with van der Waals surface area (Å²) in [5, 5.41) is 8.14. The van der Waals surface area contributed by atoms with Crippen molar-refractivity contribution in [3.05, 3.63) is 12.8 Å². The Bertz CT molecular complexity index is 175. The molecule has 0 saturated carbocycles. The number of carbonyl (C=O) groups excluding carboxylic acids is 1. The lowest BCUT2D eigenvalue weighted by Gasteiger charge is -1.89. The molecule has 0 radical (unpaired) electrons. The number of carbonyl (C=O) groups is 2. The van der Waals surface area contributed by atoms with Crippen LogP contribution in [0.4, 0.5) is 0 Å². The van der Waals surface area contributed by atoms with Crippen LogP contribution in [0, 0.1) is 0 Å². The monoisotopic (exact) mass is 202 g/mol. The van der Waals surface area contributed by atoms with Crippen LogP contribution in [0.2, 0.25) is 0 Å². The summed E-state index contributed by atoms with van der Waals surface area (Å²) in [6.45, 7) is 6.54. The standard InChI is InChI=1S/C6H12O2.C4H6O2/c1-2-3-4-5-6(7)8;1-3-6-4(2)5/h2-5H2,1H3,(H,7,8);3H,1H2,2H3. The summed E-state index contributed by atoms with van der Waals surface area (Å²) >= 11 is 0. The van der Waals surface area contributed by atoms with Crippen LogP contribution in [0.3, 0.4) is 0 Å². The molecule has 0 aromatic heterocycles. The third-order valence-corrected chi connectivity index (χ3v) is 1.24. The Morgan fingerprint density at radius 3 is 2.21 bits per heavy atom. The number of ether oxygens (including phenoxy) is 1. The van der Waals surface area contributed by atoms with Gasteiger partial charge in [0, 0.05) is 13.3 Å². The Balaban J connectivity index is 0. The molecule has 0 aliphatic carbocycles. The lowest BCUT2D eigenvalue weighted by molar-refractivity contribution is -0.137. The minimum Gasteiger partial charge on any atom is -0.481 e. The first-order valence-corrected chi connectivity index (χ1v) is 4.54. The summed E-state index contributed by atoms with van der Waals surface area (Å²) in [4.78, 5) is 19.6. The van der Waals surface area contributed by atoms with E-state index in [1.165, 1.54) is 6.92 Å². The molecule has 1 N–H and O–H groups in total. The van der Waals surface area contributed by atoms with E-state index >= 15 is 0 Å². The van der Waals surface area contributed by atoms with E-state index in [0.29, 0.717) is 6.42 Å². The van der Waals surface area contributed by atoms with Gasteiger partial charge in [0.1, 0.15) is 0 Å². The van der Waals surface area contributed by atoms with Gasteiger partial charge >= 0.3 is 11.9 Å². The summed E-state index contributed by atoms with van der Waals surface area (Å²) < 4.78 is 4.17. The van der Waals surface area contributed by atoms with Crippen molar-refractivity contribution in [3.8, 4) is 0 Å². The fraction of sp³-hybridized carbons (Fsp3) is 0.600. The minimum atomic E-state index is -0.682. The van der Waals surface area contributed by atoms with Gasteiger partial charge < -0.3 is 9.84 Å². The van der Waals surface area contributed by atoms with Crippen molar-refractivity contribution in [1.82, 2.24) is 0 Å². The van der Waals surface area contributed by atoms with Gasteiger partial charge in [0.25, 0.3) is 0 Å². The first kappa shape index (κ1) is 15.2. The molecular weight excluding hydrogens is 184 g/mol. The molecule has 0 bridgehead atoms. The fourth-order valence-corrected chi connectivity index (χ4v) is 0.644. The molecule has 0 aliphatic rings. The Labute approximate surface area is 84.6 Å². The molecule has 4 nitrogen and oxygen atoms in total. The molecule has 0 heterocycles. The highest BCUT2D eigenvalue weighted by Gasteiger charge is 1.92. The second-order valence-corrected chi connectivity index (χ2v) is 2.63. The predicted octanol–water partition coefficient (Wildman–Crippen LogP) is 2.34. The third-order valence-electron chi connectivity index (χ3n) is 1.24. The zero-order valence-electron chi connectivity index (χ0n) is 8.78. The van der Waals surface area contributed by atoms with Crippen molar-refractivity contribution in [2.75, 3.05) is 0 Å². The lowest BCUT2D eigenvalue weighted by Crippen LogP contribution is -1.92. The van der Waals surface area contributed by atoms with Gasteiger partial charge in [-0.1, -0.05) is 26.3 Å². The molecule has 82 valence electrons. The van der Waals surface area contributed by atoms with Gasteiger partial charge in [0.05, 0.1) is 6.26 Å². The summed E-state index contributed by atoms with van der Waals surface area (Å²) in [6.07, 6.45) is 4.38. The first-order valence-electron chi connectivity index (χ1n) is 4.54. The van der Waals surface area contributed by atoms with E-state index in [0.717, 1.165) is 25.5 Å². The predicted molar refractivity (Wildman–Crippen MR) is 53.7 cm³/mol. The van der Waals surface area contributed by atoms with Gasteiger partial charge in [-0.15, -0.1) is 0 Å². The van der Waals surface area contributed by atoms with Crippen LogP contribution in [-0.2, 0) is 14.3 Å². The van der Waals surface area contributed by atoms with Crippen LogP contribution in [-0.4, -0.2) is 17.0 Å². The van der Waals surface area contributed by atoms with Crippen LogP contribution in [0.15, 0.2) is 12.8 Å². The summed E-state index contributed by atoms with van der Waals surface area (Å²) in [5.74, 6) is -1.01. The summed E-state index contributed by atoms with van der Waals surface area (Å²) in [6, 6.07) is 0. The van der Waals surface area contributed by atoms with Gasteiger partial charge in [-0.2, -0.15) is 0 Å². The number of carboxylic acid groups (broad SMARTS) is 1. The molecule has 0 spiro atoms. The lowest BCUT2D eigenvalue weighted by atomic mass is 10.2. The Morgan fingerprint density at radius 1 is 1.43 bits per heavy atom. The van der Waals surface area contributed by atoms with Crippen LogP contribution < -0.4 is 0 Å². The zero-order chi connectivity index (χ0) is 11.4. The van der Waals surface area contributed by atoms with Gasteiger partial charge in [0.2, 0.25) is 0 Å². The first-order chi connectivity index (χ1) is 6.54. The number of aliphatic carboxylic acids is 1. The third kappa shape index (κ3) is 22.4. The molecule has 4 heteroatoms. The van der Waals surface area contributed by atoms with Gasteiger partial charge in [0.15, 0.2) is 0 Å². The summed E-state index contributed by atoms with van der Waals surface area (Å²) in [5.41, 5.74) is 0. The van der Waals surface area contributed by atoms with Crippen LogP contribution in [0.5, 0.6) is 0 Å². The molecule has 0 unspecified atom stereocenters. The Hall–Kier alpha value is -1.32. The number of hydrogen-bond acceptors (Lipinski definition) is 3. The Kier molecular flexibility index (Phi) is 12.7. The van der Waals surface area contributed by atoms with Gasteiger partial charge in [-0.05, 0) is 6.42 Å². The van der Waals surface area contributed by atoms with Crippen molar-refractivity contribution < 1.29 is 19.4 Å². The highest BCUT2D eigenvalue weighted by atomic mass is 16.5. The van der Waals surface area contributed by atoms with Crippen LogP contribution in [0.1, 0.15) is 39.5 Å². The average Bonchev–Trinajstić information content (AvgIpc) is 2.05. The van der Waals surface area contributed by atoms with E-state index in [1.807, 2.05) is 0 Å². The molecular formula is C10H18O4. The Morgan fingerprint density at radius 2 is 2.00 bits per heavy atom. The van der Waals surface area contributed by atoms with Gasteiger partial charge in [-0.25, -0.2) is 0 Å². The highest BCUT2D eigenvalue weighted by Crippen LogP contribution is 1.97. The largest absolute Gasteiger partial charge is 0.481 e. The topological polar surface area (TPSA) is 63.6 Å². The van der Waals surface area contributed by atoms with Crippen molar-refractivity contribution in [2.45, 2.75) is 39.5 Å². The molecule has 0 aromatic rings. The van der Waals surface area contributed by atoms with E-state index in [4.69, 9.17) is 5.11 Å². The van der Waals surface area contributed by atoms with E-state index in [9.17, 15) is 9.59 Å². The van der Waals surface area contributed by atoms with E-state index in [1.54, 1.807) is 0 Å². The smallest absolute Gasteiger partial charge is 0.307 e. The van der Waals surface area contributed by atoms with E-state index in [-0.39, 0.29) is 5.97 Å². The average molecular weight is 202 g/mol. The van der Waals surface area contributed by atoms with Crippen molar-refractivity contribution in [1.29, 1.82) is 0 Å². The van der Waals surface area contributed by atoms with E-state index < -0.39 is 5.97 Å². The van der Waals surface area contributed by atoms with Crippen molar-refractivity contribution in [2.24, 2.45) is 0 Å². The molecule has 0 atom stereocenters. The van der Waals surface area contributed by atoms with Crippen LogP contribution >= 0.6 is 0 Å². The fourth-order valence-electron chi connectivity index (χ4n) is 0.644. The highest BCUT2D eigenvalue weighted by molar-refractivity contribution is 5.66. The van der Waals surface area contributed by atoms with Crippen molar-refractivity contribution in [3.63, 3.8) is 0 Å². The number of hydrogen-bond donors (Lipinski definition) is 1. The number of unbranched alkanes of at least 4 members (excludes halogenated alkanes) is 2. The maximum atomic E-state index is 9.87. The zero-order valence-corrected chi connectivity index (χ0v) is 8.78. The molecule has 0 aromatic carbocycles. The second kappa shape index (κ2) is 11.7. The second-order valence-electron chi connectivity index (χ2n) is 2.63. The van der Waals surface area contributed by atoms with Crippen LogP contribution in [0.25, 0.3) is 0 Å². The van der Waals surface area contributed by atoms with Gasteiger partial charge in [-0.3, -0.25) is 9.59 Å².